The van der Waals surface area contributed by atoms with E-state index in [0.717, 1.165) is 33.3 Å². The standard InChI is InChI=1S/C14H13BrN4S/c15-11-8-10(9-16)5-6-12(11)20-14-18-17-13-4-2-1-3-7-19(13)14/h5-6,8H,1-4,7H2. The third-order valence-electron chi connectivity index (χ3n) is 3.34. The maximum atomic E-state index is 8.89. The van der Waals surface area contributed by atoms with E-state index >= 15 is 0 Å². The van der Waals surface area contributed by atoms with Crippen LogP contribution in [0.15, 0.2) is 32.7 Å². The molecule has 0 amide bonds. The summed E-state index contributed by atoms with van der Waals surface area (Å²) in [5.41, 5.74) is 0.654. The van der Waals surface area contributed by atoms with Gasteiger partial charge in [0.2, 0.25) is 0 Å². The summed E-state index contributed by atoms with van der Waals surface area (Å²) in [6, 6.07) is 7.75. The lowest BCUT2D eigenvalue weighted by Gasteiger charge is -2.07. The number of nitrogens with zero attached hydrogens (tertiary/aromatic N) is 4. The van der Waals surface area contributed by atoms with Crippen molar-refractivity contribution in [1.29, 1.82) is 5.26 Å². The van der Waals surface area contributed by atoms with Gasteiger partial charge < -0.3 is 4.57 Å². The van der Waals surface area contributed by atoms with Crippen molar-refractivity contribution in [3.05, 3.63) is 34.1 Å². The number of nitriles is 1. The molecule has 0 fully saturated rings. The first kappa shape index (κ1) is 13.7. The first-order chi connectivity index (χ1) is 9.78. The smallest absolute Gasteiger partial charge is 0.196 e. The largest absolute Gasteiger partial charge is 0.306 e. The number of rotatable bonds is 2. The topological polar surface area (TPSA) is 54.5 Å². The Bertz CT molecular complexity index is 674. The van der Waals surface area contributed by atoms with E-state index in [2.05, 4.69) is 36.8 Å². The van der Waals surface area contributed by atoms with Crippen LogP contribution in [0.4, 0.5) is 0 Å². The lowest BCUT2D eigenvalue weighted by atomic mass is 10.2. The van der Waals surface area contributed by atoms with Gasteiger partial charge in [-0.3, -0.25) is 0 Å². The molecular weight excluding hydrogens is 336 g/mol. The zero-order valence-corrected chi connectivity index (χ0v) is 13.2. The molecule has 0 unspecified atom stereocenters. The first-order valence-corrected chi connectivity index (χ1v) is 8.18. The molecular formula is C14H13BrN4S. The Morgan fingerprint density at radius 2 is 2.15 bits per heavy atom. The van der Waals surface area contributed by atoms with Crippen LogP contribution >= 0.6 is 27.7 Å². The van der Waals surface area contributed by atoms with Crippen LogP contribution in [0.2, 0.25) is 0 Å². The van der Waals surface area contributed by atoms with Gasteiger partial charge in [0.15, 0.2) is 5.16 Å². The zero-order chi connectivity index (χ0) is 13.9. The second-order valence-electron chi connectivity index (χ2n) is 4.72. The van der Waals surface area contributed by atoms with Crippen molar-refractivity contribution in [2.24, 2.45) is 0 Å². The minimum absolute atomic E-state index is 0.654. The number of hydrogen-bond donors (Lipinski definition) is 0. The molecule has 3 rings (SSSR count). The van der Waals surface area contributed by atoms with E-state index < -0.39 is 0 Å². The molecule has 20 heavy (non-hydrogen) atoms. The van der Waals surface area contributed by atoms with Crippen molar-refractivity contribution in [1.82, 2.24) is 14.8 Å². The fraction of sp³-hybridized carbons (Fsp3) is 0.357. The number of halogens is 1. The summed E-state index contributed by atoms with van der Waals surface area (Å²) >= 11 is 5.11. The van der Waals surface area contributed by atoms with Gasteiger partial charge >= 0.3 is 0 Å². The van der Waals surface area contributed by atoms with Crippen LogP contribution in [-0.2, 0) is 13.0 Å². The van der Waals surface area contributed by atoms with Crippen molar-refractivity contribution >= 4 is 27.7 Å². The minimum Gasteiger partial charge on any atom is -0.306 e. The van der Waals surface area contributed by atoms with E-state index in [1.54, 1.807) is 11.8 Å². The summed E-state index contributed by atoms with van der Waals surface area (Å²) in [6.07, 6.45) is 4.66. The van der Waals surface area contributed by atoms with Gasteiger partial charge in [0.1, 0.15) is 5.82 Å². The Labute approximate surface area is 130 Å². The summed E-state index contributed by atoms with van der Waals surface area (Å²) in [6.45, 7) is 0.999. The van der Waals surface area contributed by atoms with Crippen LogP contribution in [-0.4, -0.2) is 14.8 Å². The quantitative estimate of drug-likeness (QED) is 0.828. The zero-order valence-electron chi connectivity index (χ0n) is 10.8. The maximum absolute atomic E-state index is 8.89. The van der Waals surface area contributed by atoms with Crippen LogP contribution in [0.5, 0.6) is 0 Å². The Morgan fingerprint density at radius 1 is 1.25 bits per heavy atom. The Hall–Kier alpha value is -1.32. The van der Waals surface area contributed by atoms with E-state index in [4.69, 9.17) is 5.26 Å². The second-order valence-corrected chi connectivity index (χ2v) is 6.58. The Balaban J connectivity index is 1.88. The van der Waals surface area contributed by atoms with E-state index in [1.807, 2.05) is 18.2 Å². The van der Waals surface area contributed by atoms with Gasteiger partial charge in [-0.15, -0.1) is 10.2 Å². The van der Waals surface area contributed by atoms with Gasteiger partial charge in [-0.25, -0.2) is 0 Å². The van der Waals surface area contributed by atoms with Crippen LogP contribution in [0.1, 0.15) is 30.7 Å². The highest BCUT2D eigenvalue weighted by molar-refractivity contribution is 9.10. The molecule has 1 aromatic heterocycles. The van der Waals surface area contributed by atoms with Crippen LogP contribution in [0.3, 0.4) is 0 Å². The predicted molar refractivity (Wildman–Crippen MR) is 80.6 cm³/mol. The van der Waals surface area contributed by atoms with Crippen LogP contribution in [0, 0.1) is 11.3 Å². The molecule has 1 aromatic carbocycles. The third-order valence-corrected chi connectivity index (χ3v) is 5.32. The monoisotopic (exact) mass is 348 g/mol. The Kier molecular flexibility index (Phi) is 4.08. The molecule has 1 aliphatic heterocycles. The molecule has 2 aromatic rings. The first-order valence-electron chi connectivity index (χ1n) is 6.57. The fourth-order valence-corrected chi connectivity index (χ4v) is 3.78. The highest BCUT2D eigenvalue weighted by Gasteiger charge is 2.16. The average molecular weight is 349 g/mol. The highest BCUT2D eigenvalue weighted by atomic mass is 79.9. The molecule has 1 aliphatic rings. The second kappa shape index (κ2) is 5.98. The van der Waals surface area contributed by atoms with Gasteiger partial charge in [0.25, 0.3) is 0 Å². The summed E-state index contributed by atoms with van der Waals surface area (Å²) in [4.78, 5) is 1.06. The van der Waals surface area contributed by atoms with E-state index in [-0.39, 0.29) is 0 Å². The highest BCUT2D eigenvalue weighted by Crippen LogP contribution is 2.34. The minimum atomic E-state index is 0.654. The number of hydrogen-bond acceptors (Lipinski definition) is 4. The molecule has 4 nitrogen and oxygen atoms in total. The number of aryl methyl sites for hydroxylation is 1. The van der Waals surface area contributed by atoms with Crippen LogP contribution in [0.25, 0.3) is 0 Å². The molecule has 0 aliphatic carbocycles. The normalized spacial score (nSPS) is 14.4. The summed E-state index contributed by atoms with van der Waals surface area (Å²) in [5.74, 6) is 1.09. The van der Waals surface area contributed by atoms with E-state index in [1.165, 1.54) is 19.3 Å². The summed E-state index contributed by atoms with van der Waals surface area (Å²) in [7, 11) is 0. The number of fused-ring (bicyclic) bond motifs is 1. The van der Waals surface area contributed by atoms with Gasteiger partial charge in [-0.2, -0.15) is 5.26 Å². The van der Waals surface area contributed by atoms with E-state index in [0.29, 0.717) is 5.56 Å². The molecule has 102 valence electrons. The molecule has 0 saturated heterocycles. The molecule has 2 heterocycles. The van der Waals surface area contributed by atoms with Crippen molar-refractivity contribution < 1.29 is 0 Å². The van der Waals surface area contributed by atoms with Crippen molar-refractivity contribution in [2.75, 3.05) is 0 Å². The predicted octanol–water partition coefficient (Wildman–Crippen LogP) is 3.79. The van der Waals surface area contributed by atoms with Crippen molar-refractivity contribution in [3.63, 3.8) is 0 Å². The SMILES string of the molecule is N#Cc1ccc(Sc2nnc3n2CCCCC3)c(Br)c1. The lowest BCUT2D eigenvalue weighted by molar-refractivity contribution is 0.591. The molecule has 0 bridgehead atoms. The van der Waals surface area contributed by atoms with Crippen LogP contribution < -0.4 is 0 Å². The number of benzene rings is 1. The van der Waals surface area contributed by atoms with E-state index in [9.17, 15) is 0 Å². The maximum Gasteiger partial charge on any atom is 0.196 e. The van der Waals surface area contributed by atoms with Gasteiger partial charge in [0, 0.05) is 22.3 Å². The number of aromatic nitrogens is 3. The molecule has 6 heteroatoms. The molecule has 0 spiro atoms. The molecule has 0 N–H and O–H groups in total. The Morgan fingerprint density at radius 3 is 2.95 bits per heavy atom. The van der Waals surface area contributed by atoms with Gasteiger partial charge in [0.05, 0.1) is 11.6 Å². The van der Waals surface area contributed by atoms with Crippen molar-refractivity contribution in [2.45, 2.75) is 42.3 Å². The fourth-order valence-electron chi connectivity index (χ4n) is 2.29. The lowest BCUT2D eigenvalue weighted by Crippen LogP contribution is -2.02. The summed E-state index contributed by atoms with van der Waals surface area (Å²) < 4.78 is 3.15. The molecule has 0 saturated carbocycles. The molecule has 0 atom stereocenters. The third kappa shape index (κ3) is 2.74. The summed E-state index contributed by atoms with van der Waals surface area (Å²) in [5, 5.41) is 18.4. The van der Waals surface area contributed by atoms with Crippen molar-refractivity contribution in [3.8, 4) is 6.07 Å². The average Bonchev–Trinajstić information content (AvgIpc) is 2.69. The molecule has 0 radical (unpaired) electrons. The van der Waals surface area contributed by atoms with Gasteiger partial charge in [-0.1, -0.05) is 6.42 Å². The van der Waals surface area contributed by atoms with Gasteiger partial charge in [-0.05, 0) is 58.7 Å².